The fourth-order valence-corrected chi connectivity index (χ4v) is 11.9. The van der Waals surface area contributed by atoms with Crippen molar-refractivity contribution in [2.75, 3.05) is 13.2 Å². The Morgan fingerprint density at radius 2 is 1.51 bits per heavy atom. The molecule has 8 nitrogen and oxygen atoms in total. The van der Waals surface area contributed by atoms with E-state index in [-0.39, 0.29) is 46.9 Å². The molecule has 0 aromatic heterocycles. The lowest BCUT2D eigenvalue weighted by Crippen LogP contribution is -2.68. The normalized spacial score (nSPS) is 55.7. The molecule has 0 spiro atoms. The maximum absolute atomic E-state index is 11.9. The summed E-state index contributed by atoms with van der Waals surface area (Å²) >= 11 is 0. The fourth-order valence-electron chi connectivity index (χ4n) is 11.9. The SMILES string of the molecule is CC1(C)C[C@H]2C3=CC[C@@H]4[C@@]5(C)CCC(O)C(C)(C)[C@@H]5CC[C@@]4(C)[C@]3(C)CC[C@@]2(CO[C@@H]2OC[C@@H](O)[C@H](O)[C@H]2O)C(O)C1O. The van der Waals surface area contributed by atoms with Crippen LogP contribution in [0, 0.1) is 50.2 Å². The standard InChI is InChI=1S/C35H58O8/c1-30(2)16-20-19-8-9-23-32(5)12-11-24(37)31(3,4)22(32)10-13-34(23,7)33(19,6)14-15-35(20,28(41)27(30)40)18-43-29-26(39)25(38)21(36)17-42-29/h8,20-29,36-41H,9-18H2,1-7H3/t20-,21+,22-,23+,24?,25-,26+,27?,28?,29-,32-,33+,34+,35-/m0/s1. The minimum atomic E-state index is -1.41. The Morgan fingerprint density at radius 1 is 0.814 bits per heavy atom. The molecule has 0 amide bonds. The second-order valence-electron chi connectivity index (χ2n) is 17.6. The zero-order chi connectivity index (χ0) is 31.5. The van der Waals surface area contributed by atoms with Gasteiger partial charge in [-0.3, -0.25) is 0 Å². The van der Waals surface area contributed by atoms with Gasteiger partial charge in [-0.25, -0.2) is 0 Å². The predicted octanol–water partition coefficient (Wildman–Crippen LogP) is 3.55. The van der Waals surface area contributed by atoms with Crippen molar-refractivity contribution in [3.8, 4) is 0 Å². The lowest BCUT2D eigenvalue weighted by molar-refractivity contribution is -0.294. The molecule has 5 aliphatic carbocycles. The maximum atomic E-state index is 11.9. The first-order chi connectivity index (χ1) is 19.9. The first-order valence-corrected chi connectivity index (χ1v) is 16.9. The summed E-state index contributed by atoms with van der Waals surface area (Å²) in [6, 6.07) is 0. The van der Waals surface area contributed by atoms with Crippen molar-refractivity contribution in [1.82, 2.24) is 0 Å². The van der Waals surface area contributed by atoms with Crippen LogP contribution in [0.15, 0.2) is 11.6 Å². The van der Waals surface area contributed by atoms with E-state index in [0.717, 1.165) is 38.5 Å². The summed E-state index contributed by atoms with van der Waals surface area (Å²) in [7, 11) is 0. The number of rotatable bonds is 3. The largest absolute Gasteiger partial charge is 0.393 e. The number of allylic oxidation sites excluding steroid dienone is 2. The third kappa shape index (κ3) is 4.29. The van der Waals surface area contributed by atoms with Crippen LogP contribution in [0.25, 0.3) is 0 Å². The first kappa shape index (κ1) is 32.4. The maximum Gasteiger partial charge on any atom is 0.186 e. The molecule has 1 heterocycles. The van der Waals surface area contributed by atoms with Crippen molar-refractivity contribution in [1.29, 1.82) is 0 Å². The van der Waals surface area contributed by atoms with Crippen LogP contribution in [-0.2, 0) is 9.47 Å². The lowest BCUT2D eigenvalue weighted by atomic mass is 9.33. The minimum absolute atomic E-state index is 0.0242. The number of fused-ring (bicyclic) bond motifs is 7. The zero-order valence-corrected chi connectivity index (χ0v) is 27.4. The number of hydrogen-bond acceptors (Lipinski definition) is 8. The van der Waals surface area contributed by atoms with Crippen LogP contribution < -0.4 is 0 Å². The van der Waals surface area contributed by atoms with Crippen molar-refractivity contribution in [3.63, 3.8) is 0 Å². The van der Waals surface area contributed by atoms with Gasteiger partial charge in [-0.05, 0) is 96.2 Å². The van der Waals surface area contributed by atoms with Crippen LogP contribution in [0.5, 0.6) is 0 Å². The Bertz CT molecular complexity index is 1120. The third-order valence-electron chi connectivity index (χ3n) is 15.0. The van der Waals surface area contributed by atoms with E-state index in [9.17, 15) is 30.6 Å². The van der Waals surface area contributed by atoms with Gasteiger partial charge in [0.25, 0.3) is 0 Å². The Kier molecular flexibility index (Phi) is 7.68. The first-order valence-electron chi connectivity index (χ1n) is 16.9. The average Bonchev–Trinajstić information content (AvgIpc) is 2.93. The fraction of sp³-hybridized carbons (Fsp3) is 0.943. The monoisotopic (exact) mass is 606 g/mol. The second-order valence-corrected chi connectivity index (χ2v) is 17.6. The van der Waals surface area contributed by atoms with Gasteiger partial charge in [0.15, 0.2) is 6.29 Å². The molecule has 0 bridgehead atoms. The highest BCUT2D eigenvalue weighted by Crippen LogP contribution is 2.75. The van der Waals surface area contributed by atoms with Crippen molar-refractivity contribution >= 4 is 0 Å². The van der Waals surface area contributed by atoms with Crippen LogP contribution in [0.2, 0.25) is 0 Å². The van der Waals surface area contributed by atoms with Gasteiger partial charge in [0, 0.05) is 5.41 Å². The lowest BCUT2D eigenvalue weighted by Gasteiger charge is -2.72. The molecule has 43 heavy (non-hydrogen) atoms. The number of aliphatic hydroxyl groups excluding tert-OH is 6. The number of hydrogen-bond donors (Lipinski definition) is 6. The molecule has 4 saturated carbocycles. The van der Waals surface area contributed by atoms with E-state index in [1.54, 1.807) is 0 Å². The van der Waals surface area contributed by atoms with E-state index >= 15 is 0 Å². The van der Waals surface area contributed by atoms with Crippen molar-refractivity contribution in [2.24, 2.45) is 50.2 Å². The van der Waals surface area contributed by atoms with Crippen LogP contribution in [0.3, 0.4) is 0 Å². The Morgan fingerprint density at radius 3 is 2.21 bits per heavy atom. The molecule has 14 atom stereocenters. The van der Waals surface area contributed by atoms with Gasteiger partial charge < -0.3 is 40.1 Å². The number of aliphatic hydroxyl groups is 6. The molecule has 246 valence electrons. The molecule has 0 aromatic rings. The quantitative estimate of drug-likeness (QED) is 0.268. The summed E-state index contributed by atoms with van der Waals surface area (Å²) in [6.45, 7) is 16.0. The molecule has 0 radical (unpaired) electrons. The summed E-state index contributed by atoms with van der Waals surface area (Å²) in [4.78, 5) is 0. The molecular formula is C35H58O8. The molecule has 1 saturated heterocycles. The minimum Gasteiger partial charge on any atom is -0.393 e. The molecule has 8 heteroatoms. The highest BCUT2D eigenvalue weighted by molar-refractivity contribution is 5.35. The summed E-state index contributed by atoms with van der Waals surface area (Å²) in [5, 5.41) is 65.1. The Labute approximate surface area is 257 Å². The topological polar surface area (TPSA) is 140 Å². The summed E-state index contributed by atoms with van der Waals surface area (Å²) in [5.74, 6) is 0.940. The summed E-state index contributed by atoms with van der Waals surface area (Å²) in [6.07, 6.45) is 2.51. The van der Waals surface area contributed by atoms with Crippen molar-refractivity contribution < 1.29 is 40.1 Å². The van der Waals surface area contributed by atoms with Gasteiger partial charge >= 0.3 is 0 Å². The van der Waals surface area contributed by atoms with Crippen molar-refractivity contribution in [2.45, 2.75) is 143 Å². The van der Waals surface area contributed by atoms with Crippen molar-refractivity contribution in [3.05, 3.63) is 11.6 Å². The van der Waals surface area contributed by atoms with Gasteiger partial charge in [0.05, 0.1) is 31.5 Å². The zero-order valence-electron chi connectivity index (χ0n) is 27.4. The molecule has 6 N–H and O–H groups in total. The van der Waals surface area contributed by atoms with Crippen LogP contribution in [0.4, 0.5) is 0 Å². The molecule has 5 fully saturated rings. The molecule has 0 aromatic carbocycles. The van der Waals surface area contributed by atoms with E-state index in [1.165, 1.54) is 5.57 Å². The molecule has 6 aliphatic rings. The van der Waals surface area contributed by atoms with Gasteiger partial charge in [0.1, 0.15) is 18.3 Å². The van der Waals surface area contributed by atoms with Gasteiger partial charge in [-0.15, -0.1) is 0 Å². The van der Waals surface area contributed by atoms with Gasteiger partial charge in [-0.2, -0.15) is 0 Å². The highest BCUT2D eigenvalue weighted by atomic mass is 16.7. The molecule has 6 rings (SSSR count). The Balaban J connectivity index is 1.37. The van der Waals surface area contributed by atoms with E-state index in [2.05, 4.69) is 40.7 Å². The van der Waals surface area contributed by atoms with E-state index < -0.39 is 47.6 Å². The summed E-state index contributed by atoms with van der Waals surface area (Å²) < 4.78 is 11.8. The second kappa shape index (κ2) is 10.2. The third-order valence-corrected chi connectivity index (χ3v) is 15.0. The van der Waals surface area contributed by atoms with E-state index in [1.807, 2.05) is 13.8 Å². The van der Waals surface area contributed by atoms with Gasteiger partial charge in [0.2, 0.25) is 0 Å². The van der Waals surface area contributed by atoms with Crippen LogP contribution >= 0.6 is 0 Å². The predicted molar refractivity (Wildman–Crippen MR) is 162 cm³/mol. The van der Waals surface area contributed by atoms with Gasteiger partial charge in [-0.1, -0.05) is 60.1 Å². The number of ether oxygens (including phenoxy) is 2. The van der Waals surface area contributed by atoms with E-state index in [4.69, 9.17) is 9.47 Å². The highest BCUT2D eigenvalue weighted by Gasteiger charge is 2.70. The smallest absolute Gasteiger partial charge is 0.186 e. The summed E-state index contributed by atoms with van der Waals surface area (Å²) in [5.41, 5.74) is 0.114. The van der Waals surface area contributed by atoms with Crippen LogP contribution in [-0.4, -0.2) is 86.8 Å². The molecule has 1 aliphatic heterocycles. The molecule has 3 unspecified atom stereocenters. The van der Waals surface area contributed by atoms with Crippen LogP contribution in [0.1, 0.15) is 99.8 Å². The van der Waals surface area contributed by atoms with E-state index in [0.29, 0.717) is 24.7 Å². The average molecular weight is 607 g/mol. The Hall–Kier alpha value is -0.580. The molecular weight excluding hydrogens is 548 g/mol.